The minimum Gasteiger partial charge on any atom is -0.468 e. The van der Waals surface area contributed by atoms with Gasteiger partial charge in [-0.05, 0) is 98.7 Å². The maximum Gasteiger partial charge on any atom is 0.325 e. The Morgan fingerprint density at radius 1 is 0.758 bits per heavy atom. The summed E-state index contributed by atoms with van der Waals surface area (Å²) in [6, 6.07) is 16.8. The molecule has 4 aliphatic rings. The van der Waals surface area contributed by atoms with E-state index in [2.05, 4.69) is 47.8 Å². The Morgan fingerprint density at radius 2 is 1.47 bits per heavy atom. The van der Waals surface area contributed by atoms with Gasteiger partial charge in [0, 0.05) is 127 Å². The van der Waals surface area contributed by atoms with Crippen LogP contribution in [0, 0.1) is 5.82 Å². The monoisotopic (exact) mass is 1250 g/mol. The van der Waals surface area contributed by atoms with Crippen molar-refractivity contribution in [1.29, 1.82) is 0 Å². The van der Waals surface area contributed by atoms with Crippen molar-refractivity contribution in [3.63, 3.8) is 0 Å². The van der Waals surface area contributed by atoms with Gasteiger partial charge < -0.3 is 55.8 Å². The number of nitrogens with one attached hydrogen (secondary N) is 3. The number of esters is 1. The highest BCUT2D eigenvalue weighted by atomic mass is 19.1. The number of aryl methyl sites for hydroxylation is 1. The molecule has 0 bridgehead atoms. The maximum atomic E-state index is 16.0. The van der Waals surface area contributed by atoms with Gasteiger partial charge in [-0.15, -0.1) is 0 Å². The predicted molar refractivity (Wildman–Crippen MR) is 339 cm³/mol. The molecule has 0 unspecified atom stereocenters. The number of nitrogens with two attached hydrogens (primary N) is 1. The molecule has 6 aromatic rings. The van der Waals surface area contributed by atoms with Crippen LogP contribution in [0.5, 0.6) is 0 Å². The number of fused-ring (bicyclic) bond motifs is 2. The fourth-order valence-electron chi connectivity index (χ4n) is 13.0. The number of piperidine rings is 3. The van der Waals surface area contributed by atoms with E-state index in [1.807, 2.05) is 41.1 Å². The second-order valence-corrected chi connectivity index (χ2v) is 24.4. The standard InChI is InChI=1S/C65H83FN16O9/c1-75-32-33-81(65(75)90)47-12-11-27-80(39-47)53-37-70-62(63(67)89)64(73-53)72-46-18-16-42(17-19-46)43-22-28-78(29-23-43)56(85)15-8-6-5-7-9-26-68-54(83)20-21-57(86)79-30-24-44(25-31-79)61-60-48(49-35-52-45(34-50(49)66)36-71-77(52)3)13-10-14-51(60)82(74-61)41-58(87)76(2)40-55(84)69-38-59(88)91-4/h10,13-14,16-19,34-37,43-44,47H,5-9,11-12,15,20-33,38-41H2,1-4H3,(H2,67,89)(H,68,83)(H,69,84)(H,72,73)/t47-/m1/s1. The van der Waals surface area contributed by atoms with Gasteiger partial charge >= 0.3 is 12.0 Å². The quantitative estimate of drug-likeness (QED) is 0.0390. The Balaban J connectivity index is 0.621. The highest BCUT2D eigenvalue weighted by Gasteiger charge is 2.36. The van der Waals surface area contributed by atoms with Gasteiger partial charge in [-0.3, -0.25) is 42.9 Å². The first kappa shape index (κ1) is 64.7. The summed E-state index contributed by atoms with van der Waals surface area (Å²) in [5, 5.41) is 19.3. The van der Waals surface area contributed by atoms with E-state index >= 15 is 4.39 Å². The average molecular weight is 1250 g/mol. The molecule has 0 radical (unpaired) electrons. The van der Waals surface area contributed by atoms with Crippen molar-refractivity contribution in [1.82, 2.24) is 64.7 Å². The zero-order valence-electron chi connectivity index (χ0n) is 52.5. The fraction of sp³-hybridized carbons (Fsp3) is 0.508. The van der Waals surface area contributed by atoms with Crippen LogP contribution in [-0.4, -0.2) is 201 Å². The van der Waals surface area contributed by atoms with E-state index in [0.29, 0.717) is 116 Å². The SMILES string of the molecule is COC(=O)CNC(=O)CN(C)C(=O)Cn1nc(C2CCN(C(=O)CCC(=O)NCCCCCCCC(=O)N3CCC(c4ccc(Nc5nc(N6CCC[C@@H](N7CCN(C)C7=O)C6)cnc5C(N)=O)cc4)CC3)CC2)c2c(-c3cc4c(cnn4C)cc3F)cccc21. The molecule has 7 heterocycles. The number of carbonyl (C=O) groups excluding carboxylic acids is 8. The van der Waals surface area contributed by atoms with Gasteiger partial charge in [0.2, 0.25) is 29.5 Å². The zero-order valence-corrected chi connectivity index (χ0v) is 52.5. The number of anilines is 3. The number of methoxy groups -OCH3 is 1. The number of hydrogen-bond acceptors (Lipinski definition) is 15. The van der Waals surface area contributed by atoms with Crippen LogP contribution in [0.1, 0.15) is 123 Å². The van der Waals surface area contributed by atoms with Crippen LogP contribution in [0.15, 0.2) is 67.0 Å². The van der Waals surface area contributed by atoms with Crippen molar-refractivity contribution in [3.05, 3.63) is 89.8 Å². The molecule has 3 aromatic heterocycles. The third kappa shape index (κ3) is 15.7. The Morgan fingerprint density at radius 3 is 2.19 bits per heavy atom. The number of halogens is 1. The van der Waals surface area contributed by atoms with E-state index in [4.69, 9.17) is 15.8 Å². The minimum atomic E-state index is -0.686. The van der Waals surface area contributed by atoms with Crippen LogP contribution >= 0.6 is 0 Å². The number of aromatic nitrogens is 6. The lowest BCUT2D eigenvalue weighted by molar-refractivity contribution is -0.141. The van der Waals surface area contributed by atoms with Gasteiger partial charge in [0.1, 0.15) is 24.7 Å². The third-order valence-corrected chi connectivity index (χ3v) is 18.3. The topological polar surface area (TPSA) is 289 Å². The first-order valence-electron chi connectivity index (χ1n) is 31.7. The molecular formula is C65H83FN16O9. The van der Waals surface area contributed by atoms with Gasteiger partial charge in [-0.1, -0.05) is 43.5 Å². The second kappa shape index (κ2) is 29.6. The lowest BCUT2D eigenvalue weighted by atomic mass is 9.88. The molecule has 0 spiro atoms. The summed E-state index contributed by atoms with van der Waals surface area (Å²) in [5.74, 6) is -1.80. The molecule has 0 aliphatic carbocycles. The van der Waals surface area contributed by atoms with Crippen LogP contribution in [-0.2, 0) is 47.1 Å². The number of hydrogen-bond donors (Lipinski definition) is 4. The third-order valence-electron chi connectivity index (χ3n) is 18.3. The molecule has 1 atom stereocenters. The summed E-state index contributed by atoms with van der Waals surface area (Å²) in [5.41, 5.74) is 10.6. The van der Waals surface area contributed by atoms with E-state index in [9.17, 15) is 38.4 Å². The highest BCUT2D eigenvalue weighted by Crippen LogP contribution is 2.40. The molecule has 4 fully saturated rings. The van der Waals surface area contributed by atoms with Gasteiger partial charge in [0.25, 0.3) is 5.91 Å². The van der Waals surface area contributed by atoms with Crippen LogP contribution < -0.4 is 26.6 Å². The summed E-state index contributed by atoms with van der Waals surface area (Å²) in [4.78, 5) is 122. The van der Waals surface area contributed by atoms with Crippen molar-refractivity contribution in [2.45, 2.75) is 114 Å². The number of rotatable bonds is 25. The van der Waals surface area contributed by atoms with E-state index in [1.54, 1.807) is 50.7 Å². The average Bonchev–Trinajstić information content (AvgIpc) is 1.66. The van der Waals surface area contributed by atoms with Crippen molar-refractivity contribution in [2.75, 3.05) is 103 Å². The molecule has 26 heteroatoms. The Bertz CT molecular complexity index is 3650. The number of unbranched alkanes of at least 4 members (excludes halogenated alkanes) is 4. The molecule has 10 rings (SSSR count). The van der Waals surface area contributed by atoms with E-state index in [0.717, 1.165) is 75.5 Å². The molecule has 8 amide bonds. The van der Waals surface area contributed by atoms with Crippen LogP contribution in [0.4, 0.5) is 26.5 Å². The van der Waals surface area contributed by atoms with Crippen molar-refractivity contribution in [2.24, 2.45) is 12.8 Å². The number of nitrogens with zero attached hydrogens (tertiary/aromatic N) is 12. The van der Waals surface area contributed by atoms with Crippen molar-refractivity contribution < 1.29 is 47.5 Å². The summed E-state index contributed by atoms with van der Waals surface area (Å²) in [6.07, 6.45) is 12.8. The molecule has 4 aliphatic heterocycles. The molecular weight excluding hydrogens is 1170 g/mol. The first-order chi connectivity index (χ1) is 43.9. The summed E-state index contributed by atoms with van der Waals surface area (Å²) >= 11 is 0. The number of amides is 8. The maximum absolute atomic E-state index is 16.0. The number of urea groups is 1. The number of likely N-dealkylation sites (N-methyl/N-ethyl adjacent to an activating group) is 2. The highest BCUT2D eigenvalue weighted by molar-refractivity contribution is 6.00. The van der Waals surface area contributed by atoms with Crippen LogP contribution in [0.25, 0.3) is 32.9 Å². The van der Waals surface area contributed by atoms with Gasteiger partial charge in [-0.25, -0.2) is 19.2 Å². The van der Waals surface area contributed by atoms with Gasteiger partial charge in [0.15, 0.2) is 11.5 Å². The van der Waals surface area contributed by atoms with Gasteiger partial charge in [0.05, 0.1) is 48.8 Å². The molecule has 4 saturated heterocycles. The Kier molecular flexibility index (Phi) is 21.1. The lowest BCUT2D eigenvalue weighted by Crippen LogP contribution is -2.49. The summed E-state index contributed by atoms with van der Waals surface area (Å²) < 4.78 is 23.9. The number of benzene rings is 3. The Labute approximate surface area is 528 Å². The van der Waals surface area contributed by atoms with E-state index in [-0.39, 0.29) is 79.7 Å². The first-order valence-corrected chi connectivity index (χ1v) is 31.7. The number of primary amides is 1. The number of carbonyl (C=O) groups is 8. The van der Waals surface area contributed by atoms with Crippen LogP contribution in [0.2, 0.25) is 0 Å². The van der Waals surface area contributed by atoms with E-state index in [1.165, 1.54) is 30.7 Å². The normalized spacial score (nSPS) is 16.6. The molecule has 5 N–H and O–H groups in total. The number of ether oxygens (including phenoxy) is 1. The van der Waals surface area contributed by atoms with Crippen molar-refractivity contribution >= 4 is 86.6 Å². The Hall–Kier alpha value is -9.23. The largest absolute Gasteiger partial charge is 0.468 e. The van der Waals surface area contributed by atoms with Crippen LogP contribution in [0.3, 0.4) is 0 Å². The lowest BCUT2D eigenvalue weighted by Gasteiger charge is -2.37. The molecule has 25 nitrogen and oxygen atoms in total. The fourth-order valence-corrected chi connectivity index (χ4v) is 13.0. The molecule has 0 saturated carbocycles. The van der Waals surface area contributed by atoms with Gasteiger partial charge in [-0.2, -0.15) is 10.2 Å². The van der Waals surface area contributed by atoms with E-state index < -0.39 is 29.5 Å². The molecule has 91 heavy (non-hydrogen) atoms. The number of likely N-dealkylation sites (tertiary alicyclic amines) is 2. The second-order valence-electron chi connectivity index (χ2n) is 24.4. The smallest absolute Gasteiger partial charge is 0.325 e. The summed E-state index contributed by atoms with van der Waals surface area (Å²) in [6.45, 7) is 4.66. The van der Waals surface area contributed by atoms with Crippen molar-refractivity contribution in [3.8, 4) is 11.1 Å². The summed E-state index contributed by atoms with van der Waals surface area (Å²) in [7, 11) is 6.30. The predicted octanol–water partition coefficient (Wildman–Crippen LogP) is 5.79. The molecule has 484 valence electrons. The molecule has 3 aromatic carbocycles. The zero-order chi connectivity index (χ0) is 64.3. The minimum absolute atomic E-state index is 0.0443.